The number of halogens is 1. The van der Waals surface area contributed by atoms with E-state index < -0.39 is 25.5 Å². The minimum Gasteiger partial charge on any atom is -0.310 e. The van der Waals surface area contributed by atoms with E-state index in [1.165, 1.54) is 6.07 Å². The molecule has 6 nitrogen and oxygen atoms in total. The molecule has 0 bridgehead atoms. The topological polar surface area (TPSA) is 77.5 Å². The smallest absolute Gasteiger partial charge is 0.310 e. The highest BCUT2D eigenvalue weighted by Crippen LogP contribution is 2.47. The normalized spacial score (nSPS) is 11.4. The monoisotopic (exact) mass is 304 g/mol. The molecule has 112 valence electrons. The number of hydrogen-bond acceptors (Lipinski definition) is 5. The maximum absolute atomic E-state index is 12.9. The van der Waals surface area contributed by atoms with Crippen LogP contribution in [0.25, 0.3) is 0 Å². The third-order valence-electron chi connectivity index (χ3n) is 2.29. The summed E-state index contributed by atoms with van der Waals surface area (Å²) < 4.78 is 35.1. The van der Waals surface area contributed by atoms with Crippen molar-refractivity contribution in [1.29, 1.82) is 0 Å². The molecule has 0 aliphatic rings. The van der Waals surface area contributed by atoms with Crippen molar-refractivity contribution in [3.8, 4) is 0 Å². The molecule has 1 amide bonds. The van der Waals surface area contributed by atoms with Crippen LogP contribution in [-0.2, 0) is 18.4 Å². The number of rotatable bonds is 7. The van der Waals surface area contributed by atoms with Gasteiger partial charge in [0.05, 0.1) is 19.4 Å². The van der Waals surface area contributed by atoms with Crippen LogP contribution in [0.1, 0.15) is 19.4 Å². The number of carbonyl (C=O) groups is 1. The summed E-state index contributed by atoms with van der Waals surface area (Å²) in [5.74, 6) is -0.830. The van der Waals surface area contributed by atoms with Gasteiger partial charge in [-0.15, -0.1) is 0 Å². The van der Waals surface area contributed by atoms with Gasteiger partial charge in [-0.3, -0.25) is 9.36 Å². The predicted molar refractivity (Wildman–Crippen MR) is 73.3 cm³/mol. The van der Waals surface area contributed by atoms with Gasteiger partial charge in [0, 0.05) is 0 Å². The molecule has 0 unspecified atom stereocenters. The van der Waals surface area contributed by atoms with Crippen LogP contribution in [0.2, 0.25) is 0 Å². The highest BCUT2D eigenvalue weighted by molar-refractivity contribution is 7.54. The van der Waals surface area contributed by atoms with Gasteiger partial charge in [0.2, 0.25) is 5.91 Å². The average molecular weight is 304 g/mol. The summed E-state index contributed by atoms with van der Waals surface area (Å²) in [5, 5.41) is 2.46. The summed E-state index contributed by atoms with van der Waals surface area (Å²) in [6, 6.07) is 1.24. The van der Waals surface area contributed by atoms with Crippen molar-refractivity contribution in [2.45, 2.75) is 20.8 Å². The van der Waals surface area contributed by atoms with Gasteiger partial charge in [-0.05, 0) is 32.4 Å². The molecule has 0 saturated carbocycles. The van der Waals surface area contributed by atoms with E-state index in [2.05, 4.69) is 10.3 Å². The van der Waals surface area contributed by atoms with Crippen LogP contribution in [0.15, 0.2) is 12.3 Å². The average Bonchev–Trinajstić information content (AvgIpc) is 2.33. The summed E-state index contributed by atoms with van der Waals surface area (Å²) in [5.41, 5.74) is 0.473. The van der Waals surface area contributed by atoms with E-state index in [1.54, 1.807) is 20.8 Å². The van der Waals surface area contributed by atoms with E-state index in [4.69, 9.17) is 9.05 Å². The second-order valence-corrected chi connectivity index (χ2v) is 6.03. The SMILES string of the molecule is CCOP(=O)(CC(=O)Nc1ncc(F)cc1C)OCC. The van der Waals surface area contributed by atoms with E-state index >= 15 is 0 Å². The fourth-order valence-electron chi connectivity index (χ4n) is 1.54. The van der Waals surface area contributed by atoms with Crippen molar-refractivity contribution in [3.05, 3.63) is 23.6 Å². The van der Waals surface area contributed by atoms with Crippen molar-refractivity contribution in [3.63, 3.8) is 0 Å². The molecule has 0 spiro atoms. The molecule has 1 aromatic rings. The first-order valence-corrected chi connectivity index (χ1v) is 7.93. The molecule has 20 heavy (non-hydrogen) atoms. The summed E-state index contributed by atoms with van der Waals surface area (Å²) in [6.45, 7) is 5.29. The highest BCUT2D eigenvalue weighted by Gasteiger charge is 2.27. The number of anilines is 1. The first-order chi connectivity index (χ1) is 9.40. The lowest BCUT2D eigenvalue weighted by Gasteiger charge is -2.16. The van der Waals surface area contributed by atoms with E-state index in [0.29, 0.717) is 5.56 Å². The van der Waals surface area contributed by atoms with Gasteiger partial charge in [-0.1, -0.05) is 0 Å². The highest BCUT2D eigenvalue weighted by atomic mass is 31.2. The minimum atomic E-state index is -3.45. The minimum absolute atomic E-state index is 0.179. The molecule has 0 saturated heterocycles. The summed E-state index contributed by atoms with van der Waals surface area (Å²) in [7, 11) is -3.45. The van der Waals surface area contributed by atoms with Crippen LogP contribution in [0, 0.1) is 12.7 Å². The Bertz CT molecular complexity index is 514. The molecule has 0 radical (unpaired) electrons. The third-order valence-corrected chi connectivity index (χ3v) is 4.27. The van der Waals surface area contributed by atoms with Crippen molar-refractivity contribution in [2.75, 3.05) is 24.7 Å². The van der Waals surface area contributed by atoms with Crippen molar-refractivity contribution in [1.82, 2.24) is 4.98 Å². The van der Waals surface area contributed by atoms with Gasteiger partial charge in [0.25, 0.3) is 0 Å². The molecule has 1 aromatic heterocycles. The predicted octanol–water partition coefficient (Wildman–Crippen LogP) is 2.73. The Labute approximate surface area is 117 Å². The molecule has 0 atom stereocenters. The zero-order chi connectivity index (χ0) is 15.2. The Kier molecular flexibility index (Phi) is 6.26. The summed E-state index contributed by atoms with van der Waals surface area (Å²) in [6.07, 6.45) is 0.584. The molecule has 0 fully saturated rings. The van der Waals surface area contributed by atoms with Crippen molar-refractivity contribution >= 4 is 19.3 Å². The maximum atomic E-state index is 12.9. The van der Waals surface area contributed by atoms with Gasteiger partial charge in [0.15, 0.2) is 0 Å². The number of hydrogen-bond donors (Lipinski definition) is 1. The molecule has 8 heteroatoms. The van der Waals surface area contributed by atoms with Gasteiger partial charge in [0.1, 0.15) is 17.8 Å². The van der Waals surface area contributed by atoms with Crippen LogP contribution in [0.3, 0.4) is 0 Å². The number of nitrogens with one attached hydrogen (secondary N) is 1. The third kappa shape index (κ3) is 5.00. The van der Waals surface area contributed by atoms with Crippen LogP contribution in [-0.4, -0.2) is 30.3 Å². The second kappa shape index (κ2) is 7.47. The fourth-order valence-corrected chi connectivity index (χ4v) is 3.02. The number of aromatic nitrogens is 1. The van der Waals surface area contributed by atoms with Crippen molar-refractivity contribution in [2.24, 2.45) is 0 Å². The summed E-state index contributed by atoms with van der Waals surface area (Å²) >= 11 is 0. The second-order valence-electron chi connectivity index (χ2n) is 3.97. The molecule has 0 aliphatic carbocycles. The lowest BCUT2D eigenvalue weighted by atomic mass is 10.3. The molecule has 0 aliphatic heterocycles. The number of pyridine rings is 1. The standard InChI is InChI=1S/C12H18FN2O4P/c1-4-18-20(17,19-5-2)8-11(16)15-12-9(3)6-10(13)7-14-12/h6-7H,4-5,8H2,1-3H3,(H,14,15,16). The van der Waals surface area contributed by atoms with Crippen molar-refractivity contribution < 1.29 is 22.8 Å². The maximum Gasteiger partial charge on any atom is 0.340 e. The lowest BCUT2D eigenvalue weighted by Crippen LogP contribution is -2.19. The number of carbonyl (C=O) groups excluding carboxylic acids is 1. The number of aryl methyl sites for hydroxylation is 1. The Hall–Kier alpha value is -1.30. The van der Waals surface area contributed by atoms with Gasteiger partial charge in [-0.2, -0.15) is 0 Å². The largest absolute Gasteiger partial charge is 0.340 e. The molecular formula is C12H18FN2O4P. The van der Waals surface area contributed by atoms with E-state index in [9.17, 15) is 13.8 Å². The number of nitrogens with zero attached hydrogens (tertiary/aromatic N) is 1. The quantitative estimate of drug-likeness (QED) is 0.784. The Morgan fingerprint density at radius 1 is 1.40 bits per heavy atom. The molecule has 1 heterocycles. The Morgan fingerprint density at radius 2 is 2.00 bits per heavy atom. The Morgan fingerprint density at radius 3 is 2.50 bits per heavy atom. The first-order valence-electron chi connectivity index (χ1n) is 6.20. The van der Waals surface area contributed by atoms with Gasteiger partial charge in [-0.25, -0.2) is 9.37 Å². The molecular weight excluding hydrogens is 286 g/mol. The van der Waals surface area contributed by atoms with Crippen LogP contribution < -0.4 is 5.32 Å². The van der Waals surface area contributed by atoms with Crippen LogP contribution in [0.4, 0.5) is 10.2 Å². The van der Waals surface area contributed by atoms with Crippen LogP contribution in [0.5, 0.6) is 0 Å². The zero-order valence-electron chi connectivity index (χ0n) is 11.7. The van der Waals surface area contributed by atoms with E-state index in [-0.39, 0.29) is 19.0 Å². The van der Waals surface area contributed by atoms with Gasteiger partial charge >= 0.3 is 7.60 Å². The lowest BCUT2D eigenvalue weighted by molar-refractivity contribution is -0.114. The molecule has 1 rings (SSSR count). The van der Waals surface area contributed by atoms with E-state index in [1.807, 2.05) is 0 Å². The van der Waals surface area contributed by atoms with Crippen LogP contribution >= 0.6 is 7.60 Å². The fraction of sp³-hybridized carbons (Fsp3) is 0.500. The van der Waals surface area contributed by atoms with E-state index in [0.717, 1.165) is 6.20 Å². The summed E-state index contributed by atoms with van der Waals surface area (Å²) in [4.78, 5) is 15.6. The molecule has 1 N–H and O–H groups in total. The zero-order valence-corrected chi connectivity index (χ0v) is 12.6. The van der Waals surface area contributed by atoms with Gasteiger partial charge < -0.3 is 14.4 Å². The Balaban J connectivity index is 2.73. The number of amides is 1. The first kappa shape index (κ1) is 16.8. The molecule has 0 aromatic carbocycles.